The molecule has 0 spiro atoms. The molecule has 0 fully saturated rings. The fourth-order valence-electron chi connectivity index (χ4n) is 2.95. The van der Waals surface area contributed by atoms with Gasteiger partial charge in [0.1, 0.15) is 0 Å². The molecule has 162 valence electrons. The lowest BCUT2D eigenvalue weighted by Crippen LogP contribution is -2.15. The number of carbonyl (C=O) groups is 1. The Kier molecular flexibility index (Phi) is 6.27. The van der Waals surface area contributed by atoms with E-state index in [-0.39, 0.29) is 21.2 Å². The third-order valence-corrected chi connectivity index (χ3v) is 6.91. The average molecular weight is 484 g/mol. The molecule has 0 saturated carbocycles. The van der Waals surface area contributed by atoms with Crippen LogP contribution in [0.5, 0.6) is 0 Å². The van der Waals surface area contributed by atoms with Gasteiger partial charge in [0.25, 0.3) is 15.9 Å². The van der Waals surface area contributed by atoms with Crippen molar-refractivity contribution in [2.45, 2.75) is 11.8 Å². The Hall–Kier alpha value is -3.20. The molecule has 1 aromatic heterocycles. The number of nitrogens with one attached hydrogen (secondary N) is 2. The summed E-state index contributed by atoms with van der Waals surface area (Å²) >= 11 is 7.45. The number of nitrogens with zero attached hydrogens (tertiary/aromatic N) is 1. The van der Waals surface area contributed by atoms with E-state index >= 15 is 0 Å². The highest BCUT2D eigenvalue weighted by atomic mass is 35.5. The predicted molar refractivity (Wildman–Crippen MR) is 129 cm³/mol. The molecule has 0 aliphatic heterocycles. The molecule has 4 rings (SSSR count). The molecular formula is C23H18ClN3O3S2. The van der Waals surface area contributed by atoms with Crippen molar-refractivity contribution in [1.29, 1.82) is 0 Å². The molecule has 2 N–H and O–H groups in total. The minimum absolute atomic E-state index is 0.116. The van der Waals surface area contributed by atoms with Gasteiger partial charge in [0.05, 0.1) is 16.3 Å². The minimum Gasteiger partial charge on any atom is -0.298 e. The zero-order valence-corrected chi connectivity index (χ0v) is 19.3. The summed E-state index contributed by atoms with van der Waals surface area (Å²) in [7, 11) is -3.83. The first-order valence-corrected chi connectivity index (χ1v) is 12.3. The van der Waals surface area contributed by atoms with Crippen molar-refractivity contribution in [3.05, 3.63) is 94.3 Å². The van der Waals surface area contributed by atoms with E-state index in [1.807, 2.05) is 42.6 Å². The van der Waals surface area contributed by atoms with E-state index in [0.717, 1.165) is 16.8 Å². The molecular weight excluding hydrogens is 466 g/mol. The number of sulfonamides is 1. The van der Waals surface area contributed by atoms with Crippen molar-refractivity contribution in [2.75, 3.05) is 10.0 Å². The number of carbonyl (C=O) groups excluding carboxylic acids is 1. The van der Waals surface area contributed by atoms with E-state index in [1.54, 1.807) is 12.1 Å². The van der Waals surface area contributed by atoms with Gasteiger partial charge in [-0.2, -0.15) is 0 Å². The van der Waals surface area contributed by atoms with Crippen molar-refractivity contribution in [1.82, 2.24) is 4.98 Å². The lowest BCUT2D eigenvalue weighted by Gasteiger charge is -2.10. The number of benzene rings is 3. The molecule has 0 aliphatic carbocycles. The molecule has 0 aliphatic rings. The third-order valence-electron chi connectivity index (χ3n) is 4.54. The first-order valence-electron chi connectivity index (χ1n) is 9.52. The summed E-state index contributed by atoms with van der Waals surface area (Å²) in [6.07, 6.45) is 0. The number of aromatic nitrogens is 1. The predicted octanol–water partition coefficient (Wildman–Crippen LogP) is 5.83. The zero-order chi connectivity index (χ0) is 22.7. The second-order valence-electron chi connectivity index (χ2n) is 7.01. The van der Waals surface area contributed by atoms with Gasteiger partial charge in [0, 0.05) is 21.5 Å². The fraction of sp³-hybridized carbons (Fsp3) is 0.0435. The van der Waals surface area contributed by atoms with Crippen molar-refractivity contribution < 1.29 is 13.2 Å². The van der Waals surface area contributed by atoms with Gasteiger partial charge in [-0.05, 0) is 37.3 Å². The maximum Gasteiger partial charge on any atom is 0.261 e. The molecule has 0 radical (unpaired) electrons. The molecule has 1 heterocycles. The van der Waals surface area contributed by atoms with Crippen LogP contribution in [0.25, 0.3) is 11.3 Å². The lowest BCUT2D eigenvalue weighted by atomic mass is 10.2. The first kappa shape index (κ1) is 22.0. The highest BCUT2D eigenvalue weighted by Gasteiger charge is 2.17. The largest absolute Gasteiger partial charge is 0.298 e. The molecule has 0 atom stereocenters. The lowest BCUT2D eigenvalue weighted by molar-refractivity contribution is 0.102. The zero-order valence-electron chi connectivity index (χ0n) is 16.9. The van der Waals surface area contributed by atoms with Crippen LogP contribution in [0.4, 0.5) is 10.8 Å². The van der Waals surface area contributed by atoms with Crippen LogP contribution < -0.4 is 10.0 Å². The first-order chi connectivity index (χ1) is 15.3. The molecule has 6 nitrogen and oxygen atoms in total. The summed E-state index contributed by atoms with van der Waals surface area (Å²) in [6.45, 7) is 1.87. The number of thiazole rings is 1. The summed E-state index contributed by atoms with van der Waals surface area (Å²) < 4.78 is 27.8. The van der Waals surface area contributed by atoms with Gasteiger partial charge in [-0.15, -0.1) is 11.3 Å². The summed E-state index contributed by atoms with van der Waals surface area (Å²) in [5.41, 5.74) is 3.04. The van der Waals surface area contributed by atoms with Crippen LogP contribution in [0.15, 0.2) is 83.1 Å². The SMILES string of the molecule is Cc1ccc(S(=O)(=O)Nc2cc(Cl)cc(C(=O)Nc3nc(-c4ccccc4)cs3)c2)cc1. The number of rotatable bonds is 6. The maximum atomic E-state index is 12.8. The van der Waals surface area contributed by atoms with E-state index in [2.05, 4.69) is 15.0 Å². The minimum atomic E-state index is -3.83. The Labute approximate surface area is 195 Å². The monoisotopic (exact) mass is 483 g/mol. The maximum absolute atomic E-state index is 12.8. The van der Waals surface area contributed by atoms with Gasteiger partial charge in [-0.25, -0.2) is 13.4 Å². The van der Waals surface area contributed by atoms with Crippen LogP contribution >= 0.6 is 22.9 Å². The fourth-order valence-corrected chi connectivity index (χ4v) is 4.94. The van der Waals surface area contributed by atoms with Gasteiger partial charge >= 0.3 is 0 Å². The Morgan fingerprint density at radius 2 is 1.72 bits per heavy atom. The van der Waals surface area contributed by atoms with Gasteiger partial charge < -0.3 is 0 Å². The van der Waals surface area contributed by atoms with Crippen LogP contribution in [0.3, 0.4) is 0 Å². The number of anilines is 2. The van der Waals surface area contributed by atoms with E-state index in [1.165, 1.54) is 41.7 Å². The van der Waals surface area contributed by atoms with Gasteiger partial charge in [-0.3, -0.25) is 14.8 Å². The van der Waals surface area contributed by atoms with E-state index < -0.39 is 15.9 Å². The van der Waals surface area contributed by atoms with Crippen LogP contribution in [0.2, 0.25) is 5.02 Å². The average Bonchev–Trinajstić information content (AvgIpc) is 3.22. The molecule has 0 bridgehead atoms. The van der Waals surface area contributed by atoms with Crippen LogP contribution in [0.1, 0.15) is 15.9 Å². The molecule has 4 aromatic rings. The number of halogens is 1. The van der Waals surface area contributed by atoms with E-state index in [4.69, 9.17) is 11.6 Å². The molecule has 0 unspecified atom stereocenters. The Morgan fingerprint density at radius 3 is 2.44 bits per heavy atom. The second-order valence-corrected chi connectivity index (χ2v) is 9.98. The summed E-state index contributed by atoms with van der Waals surface area (Å²) in [6, 6.07) is 20.4. The van der Waals surface area contributed by atoms with Gasteiger partial charge in [0.15, 0.2) is 5.13 Å². The van der Waals surface area contributed by atoms with Crippen LogP contribution in [-0.4, -0.2) is 19.3 Å². The topological polar surface area (TPSA) is 88.2 Å². The van der Waals surface area contributed by atoms with Gasteiger partial charge in [-0.1, -0.05) is 59.6 Å². The van der Waals surface area contributed by atoms with Crippen molar-refractivity contribution in [2.24, 2.45) is 0 Å². The van der Waals surface area contributed by atoms with Crippen molar-refractivity contribution >= 4 is 49.7 Å². The molecule has 9 heteroatoms. The summed E-state index contributed by atoms with van der Waals surface area (Å²) in [5, 5.41) is 5.24. The molecule has 1 amide bonds. The van der Waals surface area contributed by atoms with Gasteiger partial charge in [0.2, 0.25) is 0 Å². The smallest absolute Gasteiger partial charge is 0.261 e. The Balaban J connectivity index is 1.53. The van der Waals surface area contributed by atoms with Crippen molar-refractivity contribution in [3.63, 3.8) is 0 Å². The number of hydrogen-bond donors (Lipinski definition) is 2. The van der Waals surface area contributed by atoms with Crippen LogP contribution in [-0.2, 0) is 10.0 Å². The second kappa shape index (κ2) is 9.12. The standard InChI is InChI=1S/C23H18ClN3O3S2/c1-15-7-9-20(10-8-15)32(29,30)27-19-12-17(11-18(24)13-19)22(28)26-23-25-21(14-31-23)16-5-3-2-4-6-16/h2-14,27H,1H3,(H,25,26,28). The normalized spacial score (nSPS) is 11.2. The molecule has 0 saturated heterocycles. The van der Waals surface area contributed by atoms with Crippen molar-refractivity contribution in [3.8, 4) is 11.3 Å². The number of amides is 1. The highest BCUT2D eigenvalue weighted by Crippen LogP contribution is 2.26. The number of aryl methyl sites for hydroxylation is 1. The third kappa shape index (κ3) is 5.16. The van der Waals surface area contributed by atoms with Crippen LogP contribution in [0, 0.1) is 6.92 Å². The van der Waals surface area contributed by atoms with E-state index in [0.29, 0.717) is 5.13 Å². The number of hydrogen-bond acceptors (Lipinski definition) is 5. The summed E-state index contributed by atoms with van der Waals surface area (Å²) in [4.78, 5) is 17.3. The van der Waals surface area contributed by atoms with E-state index in [9.17, 15) is 13.2 Å². The Morgan fingerprint density at radius 1 is 1.00 bits per heavy atom. The molecule has 3 aromatic carbocycles. The Bertz CT molecular complexity index is 1370. The highest BCUT2D eigenvalue weighted by molar-refractivity contribution is 7.92. The molecule has 32 heavy (non-hydrogen) atoms. The summed E-state index contributed by atoms with van der Waals surface area (Å²) in [5.74, 6) is -0.447. The quantitative estimate of drug-likeness (QED) is 0.361.